The zero-order valence-corrected chi connectivity index (χ0v) is 17.1. The summed E-state index contributed by atoms with van der Waals surface area (Å²) >= 11 is 1.27. The molecule has 0 unspecified atom stereocenters. The third-order valence-electron chi connectivity index (χ3n) is 4.28. The van der Waals surface area contributed by atoms with Crippen LogP contribution < -0.4 is 10.6 Å². The highest BCUT2D eigenvalue weighted by Crippen LogP contribution is 2.22. The molecule has 6 nitrogen and oxygen atoms in total. The molecule has 2 aromatic carbocycles. The van der Waals surface area contributed by atoms with Gasteiger partial charge >= 0.3 is 0 Å². The van der Waals surface area contributed by atoms with E-state index >= 15 is 0 Å². The molecule has 2 N–H and O–H groups in total. The molecule has 7 heteroatoms. The van der Waals surface area contributed by atoms with E-state index in [-0.39, 0.29) is 23.6 Å². The van der Waals surface area contributed by atoms with Gasteiger partial charge in [0.25, 0.3) is 0 Å². The fourth-order valence-corrected chi connectivity index (χ4v) is 3.48. The van der Waals surface area contributed by atoms with Crippen LogP contribution in [-0.2, 0) is 9.59 Å². The fraction of sp³-hybridized carbons (Fsp3) is 0.227. The number of nitrogens with zero attached hydrogens (tertiary/aromatic N) is 1. The summed E-state index contributed by atoms with van der Waals surface area (Å²) in [5, 5.41) is 9.09. The van der Waals surface area contributed by atoms with Crippen LogP contribution in [-0.4, -0.2) is 28.0 Å². The van der Waals surface area contributed by atoms with E-state index in [0.29, 0.717) is 11.6 Å². The Kier molecular flexibility index (Phi) is 7.08. The van der Waals surface area contributed by atoms with Crippen LogP contribution in [0.4, 0.5) is 5.82 Å². The Balaban J connectivity index is 1.58. The molecule has 3 rings (SSSR count). The molecular formula is C22H23N3O3S. The van der Waals surface area contributed by atoms with Crippen molar-refractivity contribution in [1.29, 1.82) is 0 Å². The van der Waals surface area contributed by atoms with Gasteiger partial charge < -0.3 is 15.2 Å². The summed E-state index contributed by atoms with van der Waals surface area (Å²) in [4.78, 5) is 24.9. The summed E-state index contributed by atoms with van der Waals surface area (Å²) in [5.74, 6) is 0.802. The minimum absolute atomic E-state index is 0.135. The first-order valence-corrected chi connectivity index (χ1v) is 10.3. The lowest BCUT2D eigenvalue weighted by molar-refractivity contribution is -0.119. The summed E-state index contributed by atoms with van der Waals surface area (Å²) in [5.41, 5.74) is 2.01. The molecule has 150 valence electrons. The molecule has 1 atom stereocenters. The maximum absolute atomic E-state index is 12.6. The summed E-state index contributed by atoms with van der Waals surface area (Å²) in [7, 11) is 0. The van der Waals surface area contributed by atoms with Crippen molar-refractivity contribution in [2.24, 2.45) is 0 Å². The number of benzene rings is 2. The maximum Gasteiger partial charge on any atom is 0.238 e. The van der Waals surface area contributed by atoms with E-state index in [1.54, 1.807) is 19.9 Å². The van der Waals surface area contributed by atoms with Gasteiger partial charge in [-0.05, 0) is 25.0 Å². The normalized spacial score (nSPS) is 11.8. The fourth-order valence-electron chi connectivity index (χ4n) is 2.78. The van der Waals surface area contributed by atoms with Crippen molar-refractivity contribution in [2.75, 3.05) is 11.1 Å². The molecule has 0 aliphatic heterocycles. The third-order valence-corrected chi connectivity index (χ3v) is 5.43. The maximum atomic E-state index is 12.6. The molecule has 2 amide bonds. The van der Waals surface area contributed by atoms with Gasteiger partial charge in [0.05, 0.1) is 17.0 Å². The molecule has 0 saturated heterocycles. The van der Waals surface area contributed by atoms with Crippen molar-refractivity contribution in [3.8, 4) is 0 Å². The lowest BCUT2D eigenvalue weighted by atomic mass is 9.99. The van der Waals surface area contributed by atoms with Gasteiger partial charge in [0.15, 0.2) is 5.82 Å². The third kappa shape index (κ3) is 5.96. The van der Waals surface area contributed by atoms with Gasteiger partial charge in [0.2, 0.25) is 11.8 Å². The number of amides is 2. The number of nitrogens with one attached hydrogen (secondary N) is 2. The SMILES string of the molecule is Cc1cc(NC(=O)[C@@H](C)SCC(=O)NC(c2ccccc2)c2ccccc2)no1. The number of hydrogen-bond donors (Lipinski definition) is 2. The van der Waals surface area contributed by atoms with Gasteiger partial charge in [-0.15, -0.1) is 11.8 Å². The summed E-state index contributed by atoms with van der Waals surface area (Å²) in [6, 6.07) is 21.0. The van der Waals surface area contributed by atoms with E-state index in [1.807, 2.05) is 60.7 Å². The number of hydrogen-bond acceptors (Lipinski definition) is 5. The first kappa shape index (κ1) is 20.7. The first-order valence-electron chi connectivity index (χ1n) is 9.28. The summed E-state index contributed by atoms with van der Waals surface area (Å²) in [6.45, 7) is 3.51. The van der Waals surface area contributed by atoms with Gasteiger partial charge in [-0.2, -0.15) is 0 Å². The topological polar surface area (TPSA) is 84.2 Å². The minimum Gasteiger partial charge on any atom is -0.360 e. The van der Waals surface area contributed by atoms with Crippen LogP contribution in [0.2, 0.25) is 0 Å². The van der Waals surface area contributed by atoms with Crippen molar-refractivity contribution in [3.63, 3.8) is 0 Å². The van der Waals surface area contributed by atoms with E-state index in [4.69, 9.17) is 4.52 Å². The summed E-state index contributed by atoms with van der Waals surface area (Å²) < 4.78 is 4.94. The van der Waals surface area contributed by atoms with Crippen molar-refractivity contribution in [3.05, 3.63) is 83.6 Å². The van der Waals surface area contributed by atoms with Gasteiger partial charge in [-0.1, -0.05) is 65.8 Å². The standard InChI is InChI=1S/C22H23N3O3S/c1-15-13-19(25-28-15)23-22(27)16(2)29-14-20(26)24-21(17-9-5-3-6-10-17)18-11-7-4-8-12-18/h3-13,16,21H,14H2,1-2H3,(H,24,26)(H,23,25,27)/t16-/m1/s1. The lowest BCUT2D eigenvalue weighted by Gasteiger charge is -2.20. The Labute approximate surface area is 174 Å². The highest BCUT2D eigenvalue weighted by Gasteiger charge is 2.20. The molecule has 0 fully saturated rings. The number of anilines is 1. The lowest BCUT2D eigenvalue weighted by Crippen LogP contribution is -2.32. The highest BCUT2D eigenvalue weighted by atomic mass is 32.2. The number of aromatic nitrogens is 1. The van der Waals surface area contributed by atoms with Gasteiger partial charge in [-0.25, -0.2) is 0 Å². The molecule has 0 spiro atoms. The zero-order chi connectivity index (χ0) is 20.6. The molecular weight excluding hydrogens is 386 g/mol. The highest BCUT2D eigenvalue weighted by molar-refractivity contribution is 8.01. The van der Waals surface area contributed by atoms with Gasteiger partial charge in [0.1, 0.15) is 5.76 Å². The largest absolute Gasteiger partial charge is 0.360 e. The van der Waals surface area contributed by atoms with Crippen LogP contribution >= 0.6 is 11.8 Å². The van der Waals surface area contributed by atoms with E-state index in [2.05, 4.69) is 15.8 Å². The first-order chi connectivity index (χ1) is 14.0. The summed E-state index contributed by atoms with van der Waals surface area (Å²) in [6.07, 6.45) is 0. The second-order valence-corrected chi connectivity index (χ2v) is 7.92. The Morgan fingerprint density at radius 1 is 1.03 bits per heavy atom. The molecule has 0 aliphatic carbocycles. The van der Waals surface area contributed by atoms with Crippen molar-refractivity contribution < 1.29 is 14.1 Å². The molecule has 0 aliphatic rings. The van der Waals surface area contributed by atoms with Crippen LogP contribution in [0.25, 0.3) is 0 Å². The monoisotopic (exact) mass is 409 g/mol. The van der Waals surface area contributed by atoms with Gasteiger partial charge in [0, 0.05) is 6.07 Å². The number of aryl methyl sites for hydroxylation is 1. The Morgan fingerprint density at radius 2 is 1.62 bits per heavy atom. The average Bonchev–Trinajstić information content (AvgIpc) is 3.16. The smallest absolute Gasteiger partial charge is 0.238 e. The van der Waals surface area contributed by atoms with Crippen molar-refractivity contribution >= 4 is 29.4 Å². The quantitative estimate of drug-likeness (QED) is 0.589. The Hall–Kier alpha value is -3.06. The zero-order valence-electron chi connectivity index (χ0n) is 16.3. The van der Waals surface area contributed by atoms with Crippen LogP contribution in [0, 0.1) is 6.92 Å². The van der Waals surface area contributed by atoms with E-state index < -0.39 is 5.25 Å². The van der Waals surface area contributed by atoms with Crippen molar-refractivity contribution in [1.82, 2.24) is 10.5 Å². The second-order valence-electron chi connectivity index (χ2n) is 6.59. The molecule has 29 heavy (non-hydrogen) atoms. The van der Waals surface area contributed by atoms with E-state index in [0.717, 1.165) is 11.1 Å². The molecule has 0 saturated carbocycles. The number of carbonyl (C=O) groups is 2. The van der Waals surface area contributed by atoms with E-state index in [1.165, 1.54) is 11.8 Å². The van der Waals surface area contributed by atoms with Crippen LogP contribution in [0.1, 0.15) is 29.9 Å². The average molecular weight is 410 g/mol. The predicted molar refractivity (Wildman–Crippen MR) is 115 cm³/mol. The van der Waals surface area contributed by atoms with Gasteiger partial charge in [-0.3, -0.25) is 9.59 Å². The predicted octanol–water partition coefficient (Wildman–Crippen LogP) is 3.95. The second kappa shape index (κ2) is 9.93. The Morgan fingerprint density at radius 3 is 2.14 bits per heavy atom. The van der Waals surface area contributed by atoms with Crippen LogP contribution in [0.3, 0.4) is 0 Å². The van der Waals surface area contributed by atoms with Crippen LogP contribution in [0.5, 0.6) is 0 Å². The number of thioether (sulfide) groups is 1. The minimum atomic E-state index is -0.412. The molecule has 0 bridgehead atoms. The van der Waals surface area contributed by atoms with Crippen molar-refractivity contribution in [2.45, 2.75) is 25.1 Å². The molecule has 3 aromatic rings. The van der Waals surface area contributed by atoms with Crippen LogP contribution in [0.15, 0.2) is 71.3 Å². The number of carbonyl (C=O) groups excluding carboxylic acids is 2. The molecule has 1 heterocycles. The molecule has 1 aromatic heterocycles. The Bertz CT molecular complexity index is 905. The number of rotatable bonds is 8. The van der Waals surface area contributed by atoms with E-state index in [9.17, 15) is 9.59 Å². The molecule has 0 radical (unpaired) electrons.